The summed E-state index contributed by atoms with van der Waals surface area (Å²) in [6.07, 6.45) is 6.00. The SMILES string of the molecule is COC(=O)[C@@H](C)C[C@H](Cc1ncccn1)NC(=O)c1csc([C@@H](C[C@H](C(C)C)N(C)C(=O)[C@@H](NC(=O)[C@H]2CCCCN2C)C2CSC2)OC(C)=O)n1. The lowest BCUT2D eigenvalue weighted by atomic mass is 9.93. The number of esters is 2. The summed E-state index contributed by atoms with van der Waals surface area (Å²) in [5, 5.41) is 8.10. The van der Waals surface area contributed by atoms with Gasteiger partial charge in [-0.05, 0) is 56.3 Å². The third kappa shape index (κ3) is 11.2. The Morgan fingerprint density at radius 2 is 1.77 bits per heavy atom. The number of hydrogen-bond acceptors (Lipinski definition) is 13. The first-order chi connectivity index (χ1) is 24.8. The number of carbonyl (C=O) groups is 5. The van der Waals surface area contributed by atoms with Crippen molar-refractivity contribution in [2.24, 2.45) is 17.8 Å². The molecule has 0 spiro atoms. The van der Waals surface area contributed by atoms with Gasteiger partial charge in [-0.15, -0.1) is 11.3 Å². The Labute approximate surface area is 314 Å². The van der Waals surface area contributed by atoms with Crippen molar-refractivity contribution in [1.29, 1.82) is 0 Å². The van der Waals surface area contributed by atoms with Gasteiger partial charge in [0.15, 0.2) is 6.10 Å². The van der Waals surface area contributed by atoms with Gasteiger partial charge in [0.1, 0.15) is 22.6 Å². The van der Waals surface area contributed by atoms with Crippen molar-refractivity contribution in [3.63, 3.8) is 0 Å². The summed E-state index contributed by atoms with van der Waals surface area (Å²) in [4.78, 5) is 82.6. The summed E-state index contributed by atoms with van der Waals surface area (Å²) in [7, 11) is 5.01. The average molecular weight is 760 g/mol. The maximum absolute atomic E-state index is 14.2. The van der Waals surface area contributed by atoms with E-state index in [9.17, 15) is 24.0 Å². The quantitative estimate of drug-likeness (QED) is 0.226. The Morgan fingerprint density at radius 1 is 1.06 bits per heavy atom. The highest BCUT2D eigenvalue weighted by atomic mass is 32.2. The van der Waals surface area contributed by atoms with Gasteiger partial charge in [-0.25, -0.2) is 15.0 Å². The van der Waals surface area contributed by atoms with Crippen LogP contribution in [0.15, 0.2) is 23.8 Å². The third-order valence-corrected chi connectivity index (χ3v) is 12.1. The molecule has 4 rings (SSSR count). The van der Waals surface area contributed by atoms with Crippen LogP contribution in [0.4, 0.5) is 0 Å². The number of thiazole rings is 1. The van der Waals surface area contributed by atoms with Gasteiger partial charge < -0.3 is 25.0 Å². The smallest absolute Gasteiger partial charge is 0.308 e. The Kier molecular flexibility index (Phi) is 15.4. The summed E-state index contributed by atoms with van der Waals surface area (Å²) in [6, 6.07) is -0.0930. The molecule has 2 aliphatic heterocycles. The number of likely N-dealkylation sites (tertiary alicyclic amines) is 1. The fourth-order valence-electron chi connectivity index (χ4n) is 6.74. The number of aromatic nitrogens is 3. The highest BCUT2D eigenvalue weighted by Gasteiger charge is 2.41. The van der Waals surface area contributed by atoms with Crippen molar-refractivity contribution in [3.8, 4) is 0 Å². The lowest BCUT2D eigenvalue weighted by Gasteiger charge is -2.40. The molecule has 0 bridgehead atoms. The predicted molar refractivity (Wildman–Crippen MR) is 198 cm³/mol. The van der Waals surface area contributed by atoms with Crippen LogP contribution in [0.5, 0.6) is 0 Å². The van der Waals surface area contributed by atoms with Gasteiger partial charge in [0, 0.05) is 62.6 Å². The van der Waals surface area contributed by atoms with Crippen molar-refractivity contribution < 1.29 is 33.4 Å². The van der Waals surface area contributed by atoms with E-state index in [1.165, 1.54) is 25.4 Å². The highest BCUT2D eigenvalue weighted by molar-refractivity contribution is 8.00. The Hall–Kier alpha value is -3.63. The standard InChI is InChI=1S/C36H53N7O7S2/c1-21(2)28(43(6)35(47)31(24-18-51-19-24)41-33(46)27-11-8-9-14-42(27)5)17-29(50-23(4)44)34-40-26(20-52-34)32(45)39-25(15-22(3)36(48)49-7)16-30-37-12-10-13-38-30/h10,12-13,20-22,24-25,27-29,31H,8-9,11,14-19H2,1-7H3,(H,39,45)(H,41,46)/t22-,25+,27+,28+,29+,31-/m0/s1. The molecule has 4 heterocycles. The van der Waals surface area contributed by atoms with Crippen LogP contribution in [-0.4, -0.2) is 118 Å². The van der Waals surface area contributed by atoms with E-state index in [0.717, 1.165) is 37.3 Å². The summed E-state index contributed by atoms with van der Waals surface area (Å²) in [5.41, 5.74) is 0.130. The number of nitrogens with one attached hydrogen (secondary N) is 2. The van der Waals surface area contributed by atoms with E-state index in [-0.39, 0.29) is 54.3 Å². The first kappa shape index (κ1) is 41.1. The highest BCUT2D eigenvalue weighted by Crippen LogP contribution is 2.33. The second-order valence-corrected chi connectivity index (χ2v) is 16.1. The summed E-state index contributed by atoms with van der Waals surface area (Å²) in [6.45, 7) is 7.88. The second-order valence-electron chi connectivity index (χ2n) is 14.1. The first-order valence-corrected chi connectivity index (χ1v) is 19.9. The molecule has 0 unspecified atom stereocenters. The molecular weight excluding hydrogens is 707 g/mol. The molecule has 3 amide bonds. The normalized spacial score (nSPS) is 19.3. The van der Waals surface area contributed by atoms with Gasteiger partial charge in [0.2, 0.25) is 11.8 Å². The molecule has 6 atom stereocenters. The second kappa shape index (κ2) is 19.4. The van der Waals surface area contributed by atoms with Gasteiger partial charge >= 0.3 is 11.9 Å². The number of carbonyl (C=O) groups excluding carboxylic acids is 5. The van der Waals surface area contributed by atoms with Crippen LogP contribution < -0.4 is 10.6 Å². The number of methoxy groups -OCH3 is 1. The summed E-state index contributed by atoms with van der Waals surface area (Å²) < 4.78 is 10.7. The van der Waals surface area contributed by atoms with Crippen molar-refractivity contribution in [2.45, 2.75) is 96.5 Å². The van der Waals surface area contributed by atoms with Gasteiger partial charge in [-0.1, -0.05) is 27.2 Å². The lowest BCUT2D eigenvalue weighted by Crippen LogP contribution is -2.60. The zero-order valence-corrected chi connectivity index (χ0v) is 32.8. The third-order valence-electron chi connectivity index (χ3n) is 9.81. The topological polar surface area (TPSA) is 173 Å². The zero-order valence-electron chi connectivity index (χ0n) is 31.2. The maximum atomic E-state index is 14.2. The van der Waals surface area contributed by atoms with Gasteiger partial charge in [-0.3, -0.25) is 28.9 Å². The van der Waals surface area contributed by atoms with Crippen LogP contribution in [0, 0.1) is 17.8 Å². The van der Waals surface area contributed by atoms with Crippen molar-refractivity contribution in [2.75, 3.05) is 39.3 Å². The number of amides is 3. The Balaban J connectivity index is 1.50. The summed E-state index contributed by atoms with van der Waals surface area (Å²) in [5.74, 6) is -0.0717. The van der Waals surface area contributed by atoms with Crippen LogP contribution in [0.25, 0.3) is 0 Å². The first-order valence-electron chi connectivity index (χ1n) is 17.9. The Morgan fingerprint density at radius 3 is 2.37 bits per heavy atom. The minimum atomic E-state index is -0.831. The van der Waals surface area contributed by atoms with E-state index in [2.05, 4.69) is 30.5 Å². The molecule has 52 heavy (non-hydrogen) atoms. The molecule has 2 N–H and O–H groups in total. The van der Waals surface area contributed by atoms with Gasteiger partial charge in [0.25, 0.3) is 5.91 Å². The fourth-order valence-corrected chi connectivity index (χ4v) is 8.47. The van der Waals surface area contributed by atoms with E-state index in [4.69, 9.17) is 9.47 Å². The van der Waals surface area contributed by atoms with Crippen molar-refractivity contribution in [1.82, 2.24) is 35.4 Å². The molecule has 16 heteroatoms. The minimum absolute atomic E-state index is 0.0304. The number of nitrogens with zero attached hydrogens (tertiary/aromatic N) is 5. The molecule has 0 radical (unpaired) electrons. The molecule has 2 aromatic heterocycles. The van der Waals surface area contributed by atoms with E-state index in [0.29, 0.717) is 17.3 Å². The van der Waals surface area contributed by atoms with Gasteiger partial charge in [0.05, 0.1) is 19.1 Å². The minimum Gasteiger partial charge on any atom is -0.469 e. The number of rotatable bonds is 17. The van der Waals surface area contributed by atoms with Crippen LogP contribution in [0.1, 0.15) is 87.2 Å². The number of hydrogen-bond donors (Lipinski definition) is 2. The van der Waals surface area contributed by atoms with Crippen molar-refractivity contribution in [3.05, 3.63) is 40.4 Å². The van der Waals surface area contributed by atoms with E-state index < -0.39 is 42.0 Å². The molecule has 0 saturated carbocycles. The molecule has 286 valence electrons. The van der Waals surface area contributed by atoms with E-state index in [1.807, 2.05) is 20.9 Å². The number of thioether (sulfide) groups is 1. The average Bonchev–Trinajstić information content (AvgIpc) is 3.59. The zero-order chi connectivity index (χ0) is 37.9. The van der Waals surface area contributed by atoms with Crippen LogP contribution in [0.2, 0.25) is 0 Å². The lowest BCUT2D eigenvalue weighted by molar-refractivity contribution is -0.149. The monoisotopic (exact) mass is 759 g/mol. The maximum Gasteiger partial charge on any atom is 0.308 e. The fraction of sp³-hybridized carbons (Fsp3) is 0.667. The van der Waals surface area contributed by atoms with E-state index in [1.54, 1.807) is 54.5 Å². The van der Waals surface area contributed by atoms with E-state index >= 15 is 0 Å². The number of likely N-dealkylation sites (N-methyl/N-ethyl adjacent to an activating group) is 2. The molecule has 0 aliphatic carbocycles. The molecule has 14 nitrogen and oxygen atoms in total. The molecule has 2 aromatic rings. The largest absolute Gasteiger partial charge is 0.469 e. The van der Waals surface area contributed by atoms with Crippen LogP contribution in [0.3, 0.4) is 0 Å². The van der Waals surface area contributed by atoms with Gasteiger partial charge in [-0.2, -0.15) is 11.8 Å². The Bertz CT molecular complexity index is 1520. The van der Waals surface area contributed by atoms with Crippen LogP contribution in [-0.2, 0) is 35.1 Å². The molecule has 0 aromatic carbocycles. The number of piperidine rings is 1. The predicted octanol–water partition coefficient (Wildman–Crippen LogP) is 3.28. The molecule has 2 aliphatic rings. The van der Waals surface area contributed by atoms with Crippen molar-refractivity contribution >= 4 is 52.8 Å². The number of ether oxygens (including phenoxy) is 2. The molecule has 2 saturated heterocycles. The summed E-state index contributed by atoms with van der Waals surface area (Å²) >= 11 is 2.94. The van der Waals surface area contributed by atoms with Crippen LogP contribution >= 0.6 is 23.1 Å². The molecule has 2 fully saturated rings. The molecular formula is C36H53N7O7S2.